The summed E-state index contributed by atoms with van der Waals surface area (Å²) in [5, 5.41) is 3.92. The van der Waals surface area contributed by atoms with E-state index in [1.54, 1.807) is 18.2 Å². The molecule has 1 atom stereocenters. The fraction of sp³-hybridized carbons (Fsp3) is 0.308. The van der Waals surface area contributed by atoms with Gasteiger partial charge in [-0.2, -0.15) is 0 Å². The summed E-state index contributed by atoms with van der Waals surface area (Å²) in [7, 11) is 0. The van der Waals surface area contributed by atoms with Crippen molar-refractivity contribution in [2.24, 2.45) is 5.92 Å². The summed E-state index contributed by atoms with van der Waals surface area (Å²) < 4.78 is 19.6. The van der Waals surface area contributed by atoms with E-state index in [9.17, 15) is 9.18 Å². The predicted molar refractivity (Wildman–Crippen MR) is 127 cm³/mol. The molecule has 2 heterocycles. The van der Waals surface area contributed by atoms with Crippen LogP contribution in [0, 0.1) is 11.7 Å². The number of hydrogen-bond acceptors (Lipinski definition) is 4. The first-order valence-corrected chi connectivity index (χ1v) is 11.6. The number of pyridine rings is 1. The Kier molecular flexibility index (Phi) is 7.92. The van der Waals surface area contributed by atoms with Crippen molar-refractivity contribution in [2.45, 2.75) is 18.9 Å². The van der Waals surface area contributed by atoms with Gasteiger partial charge in [-0.1, -0.05) is 41.9 Å². The lowest BCUT2D eigenvalue weighted by molar-refractivity contribution is -0.138. The minimum atomic E-state index is -0.482. The van der Waals surface area contributed by atoms with Crippen molar-refractivity contribution in [3.05, 3.63) is 95.0 Å². The highest BCUT2D eigenvalue weighted by atomic mass is 35.5. The number of ether oxygens (including phenoxy) is 1. The van der Waals surface area contributed by atoms with Crippen molar-refractivity contribution in [1.82, 2.24) is 15.2 Å². The number of piperidine rings is 1. The van der Waals surface area contributed by atoms with Gasteiger partial charge in [0.05, 0.1) is 24.5 Å². The molecule has 4 rings (SSSR count). The lowest BCUT2D eigenvalue weighted by Gasteiger charge is -2.35. The standard InChI is InChI=1S/C26H27ClFN3O2/c27-21-8-6-19(7-9-21)25(24-11-10-22(28)18-30-24)31(26(32)20-12-14-29-15-13-20)16-17-33-23-4-2-1-3-5-23/h1-11,18,20,25,29H,12-17H2/t25-/m0/s1. The molecule has 5 nitrogen and oxygen atoms in total. The average Bonchev–Trinajstić information content (AvgIpc) is 2.86. The first-order valence-electron chi connectivity index (χ1n) is 11.2. The Labute approximate surface area is 198 Å². The molecule has 1 N–H and O–H groups in total. The molecular formula is C26H27ClFN3O2. The summed E-state index contributed by atoms with van der Waals surface area (Å²) >= 11 is 6.13. The first kappa shape index (κ1) is 23.2. The van der Waals surface area contributed by atoms with E-state index in [-0.39, 0.29) is 11.8 Å². The van der Waals surface area contributed by atoms with E-state index >= 15 is 0 Å². The van der Waals surface area contributed by atoms with Gasteiger partial charge in [0.25, 0.3) is 0 Å². The number of benzene rings is 2. The largest absolute Gasteiger partial charge is 0.492 e. The summed E-state index contributed by atoms with van der Waals surface area (Å²) in [5.74, 6) is 0.296. The summed E-state index contributed by atoms with van der Waals surface area (Å²) in [6.45, 7) is 2.31. The quantitative estimate of drug-likeness (QED) is 0.513. The van der Waals surface area contributed by atoms with Crippen LogP contribution in [0.1, 0.15) is 30.1 Å². The Bertz CT molecular complexity index is 980. The fourth-order valence-corrected chi connectivity index (χ4v) is 4.28. The van der Waals surface area contributed by atoms with Gasteiger partial charge in [0, 0.05) is 10.9 Å². The van der Waals surface area contributed by atoms with Crippen molar-refractivity contribution in [1.29, 1.82) is 0 Å². The minimum absolute atomic E-state index is 0.0548. The zero-order valence-corrected chi connectivity index (χ0v) is 19.0. The van der Waals surface area contributed by atoms with E-state index < -0.39 is 11.9 Å². The Morgan fingerprint density at radius 3 is 2.48 bits per heavy atom. The zero-order chi connectivity index (χ0) is 23.0. The second-order valence-corrected chi connectivity index (χ2v) is 8.51. The highest BCUT2D eigenvalue weighted by Gasteiger charge is 2.33. The van der Waals surface area contributed by atoms with Gasteiger partial charge < -0.3 is 15.0 Å². The maximum absolute atomic E-state index is 13.8. The van der Waals surface area contributed by atoms with Crippen LogP contribution in [0.15, 0.2) is 72.9 Å². The third-order valence-electron chi connectivity index (χ3n) is 5.84. The van der Waals surface area contributed by atoms with Crippen LogP contribution in [0.25, 0.3) is 0 Å². The van der Waals surface area contributed by atoms with Gasteiger partial charge in [-0.05, 0) is 67.9 Å². The van der Waals surface area contributed by atoms with Crippen molar-refractivity contribution >= 4 is 17.5 Å². The van der Waals surface area contributed by atoms with Crippen LogP contribution in [0.2, 0.25) is 5.02 Å². The van der Waals surface area contributed by atoms with E-state index in [4.69, 9.17) is 16.3 Å². The van der Waals surface area contributed by atoms with Crippen LogP contribution in [0.5, 0.6) is 5.75 Å². The molecule has 0 aliphatic carbocycles. The van der Waals surface area contributed by atoms with Crippen molar-refractivity contribution in [2.75, 3.05) is 26.2 Å². The summed E-state index contributed by atoms with van der Waals surface area (Å²) in [6.07, 6.45) is 2.74. The van der Waals surface area contributed by atoms with Crippen molar-refractivity contribution < 1.29 is 13.9 Å². The Morgan fingerprint density at radius 1 is 1.09 bits per heavy atom. The fourth-order valence-electron chi connectivity index (χ4n) is 4.15. The molecule has 1 aliphatic rings. The number of amides is 1. The molecule has 2 aromatic carbocycles. The molecule has 0 radical (unpaired) electrons. The van der Waals surface area contributed by atoms with Gasteiger partial charge in [-0.25, -0.2) is 4.39 Å². The molecule has 1 aliphatic heterocycles. The van der Waals surface area contributed by atoms with Gasteiger partial charge in [0.2, 0.25) is 5.91 Å². The lowest BCUT2D eigenvalue weighted by Crippen LogP contribution is -2.45. The Hall–Kier alpha value is -2.96. The number of carbonyl (C=O) groups excluding carboxylic acids is 1. The molecule has 33 heavy (non-hydrogen) atoms. The van der Waals surface area contributed by atoms with E-state index in [0.717, 1.165) is 37.2 Å². The smallest absolute Gasteiger partial charge is 0.226 e. The third kappa shape index (κ3) is 6.09. The van der Waals surface area contributed by atoms with E-state index in [2.05, 4.69) is 10.3 Å². The number of para-hydroxylation sites is 1. The maximum Gasteiger partial charge on any atom is 0.226 e. The van der Waals surface area contributed by atoms with E-state index in [1.807, 2.05) is 47.4 Å². The van der Waals surface area contributed by atoms with Gasteiger partial charge in [0.1, 0.15) is 18.2 Å². The molecule has 0 spiro atoms. The molecular weight excluding hydrogens is 441 g/mol. The molecule has 0 saturated carbocycles. The predicted octanol–water partition coefficient (Wildman–Crippen LogP) is 4.87. The third-order valence-corrected chi connectivity index (χ3v) is 6.10. The van der Waals surface area contributed by atoms with Gasteiger partial charge in [-0.3, -0.25) is 9.78 Å². The van der Waals surface area contributed by atoms with Crippen molar-refractivity contribution in [3.63, 3.8) is 0 Å². The first-order chi connectivity index (χ1) is 16.1. The van der Waals surface area contributed by atoms with Crippen molar-refractivity contribution in [3.8, 4) is 5.75 Å². The van der Waals surface area contributed by atoms with Crippen LogP contribution in [-0.2, 0) is 4.79 Å². The van der Waals surface area contributed by atoms with E-state index in [1.165, 1.54) is 12.3 Å². The van der Waals surface area contributed by atoms with Crippen LogP contribution in [0.3, 0.4) is 0 Å². The summed E-state index contributed by atoms with van der Waals surface area (Å²) in [4.78, 5) is 19.9. The average molecular weight is 468 g/mol. The highest BCUT2D eigenvalue weighted by Crippen LogP contribution is 2.31. The molecule has 0 bridgehead atoms. The number of rotatable bonds is 8. The highest BCUT2D eigenvalue weighted by molar-refractivity contribution is 6.30. The van der Waals surface area contributed by atoms with Crippen LogP contribution >= 0.6 is 11.6 Å². The molecule has 7 heteroatoms. The van der Waals surface area contributed by atoms with Gasteiger partial charge >= 0.3 is 0 Å². The monoisotopic (exact) mass is 467 g/mol. The second kappa shape index (κ2) is 11.3. The number of halogens is 2. The minimum Gasteiger partial charge on any atom is -0.492 e. The molecule has 3 aromatic rings. The van der Waals surface area contributed by atoms with Gasteiger partial charge in [-0.15, -0.1) is 0 Å². The zero-order valence-electron chi connectivity index (χ0n) is 18.3. The number of aromatic nitrogens is 1. The molecule has 1 aromatic heterocycles. The summed E-state index contributed by atoms with van der Waals surface area (Å²) in [6, 6.07) is 19.4. The van der Waals surface area contributed by atoms with E-state index in [0.29, 0.717) is 23.9 Å². The topological polar surface area (TPSA) is 54.5 Å². The Morgan fingerprint density at radius 2 is 1.82 bits per heavy atom. The number of carbonyl (C=O) groups is 1. The Balaban J connectivity index is 1.66. The second-order valence-electron chi connectivity index (χ2n) is 8.07. The normalized spacial score (nSPS) is 15.1. The van der Waals surface area contributed by atoms with Crippen LogP contribution < -0.4 is 10.1 Å². The lowest BCUT2D eigenvalue weighted by atomic mass is 9.93. The van der Waals surface area contributed by atoms with Crippen LogP contribution in [0.4, 0.5) is 4.39 Å². The molecule has 172 valence electrons. The molecule has 1 fully saturated rings. The summed E-state index contributed by atoms with van der Waals surface area (Å²) in [5.41, 5.74) is 1.46. The van der Waals surface area contributed by atoms with Gasteiger partial charge in [0.15, 0.2) is 0 Å². The van der Waals surface area contributed by atoms with Crippen LogP contribution in [-0.4, -0.2) is 42.0 Å². The number of hydrogen-bond donors (Lipinski definition) is 1. The molecule has 1 saturated heterocycles. The molecule has 0 unspecified atom stereocenters. The SMILES string of the molecule is O=C(C1CCNCC1)N(CCOc1ccccc1)[C@@H](c1ccc(Cl)cc1)c1ccc(F)cn1. The molecule has 1 amide bonds. The number of nitrogens with one attached hydrogen (secondary N) is 1. The maximum atomic E-state index is 13.8. The number of nitrogens with zero attached hydrogens (tertiary/aromatic N) is 2.